The van der Waals surface area contributed by atoms with Crippen LogP contribution in [-0.4, -0.2) is 31.0 Å². The minimum absolute atomic E-state index is 0.0642. The summed E-state index contributed by atoms with van der Waals surface area (Å²) in [5, 5.41) is 14.1. The molecule has 2 aromatic carbocycles. The van der Waals surface area contributed by atoms with Crippen LogP contribution in [0.3, 0.4) is 0 Å². The van der Waals surface area contributed by atoms with E-state index in [0.29, 0.717) is 16.9 Å². The molecule has 2 heterocycles. The molecule has 0 aliphatic heterocycles. The Hall–Kier alpha value is -3.95. The van der Waals surface area contributed by atoms with Gasteiger partial charge in [0.25, 0.3) is 0 Å². The van der Waals surface area contributed by atoms with Gasteiger partial charge in [0, 0.05) is 5.69 Å². The number of carbonyl (C=O) groups is 1. The summed E-state index contributed by atoms with van der Waals surface area (Å²) in [6.07, 6.45) is 1.52. The number of aromatic nitrogens is 5. The molecular weight excluding hydrogens is 370 g/mol. The number of halogens is 2. The van der Waals surface area contributed by atoms with E-state index in [1.165, 1.54) is 53.3 Å². The van der Waals surface area contributed by atoms with E-state index in [9.17, 15) is 13.6 Å². The molecule has 0 spiro atoms. The monoisotopic (exact) mass is 382 g/mol. The zero-order valence-electron chi connectivity index (χ0n) is 14.4. The van der Waals surface area contributed by atoms with E-state index in [4.69, 9.17) is 4.52 Å². The largest absolute Gasteiger partial charge is 0.328 e. The van der Waals surface area contributed by atoms with Crippen LogP contribution in [0.1, 0.15) is 16.2 Å². The molecule has 4 aromatic rings. The Morgan fingerprint density at radius 2 is 1.86 bits per heavy atom. The van der Waals surface area contributed by atoms with Gasteiger partial charge < -0.3 is 9.84 Å². The van der Waals surface area contributed by atoms with Gasteiger partial charge in [0.2, 0.25) is 5.82 Å². The minimum Gasteiger partial charge on any atom is -0.328 e. The van der Waals surface area contributed by atoms with Crippen molar-refractivity contribution in [2.24, 2.45) is 0 Å². The first-order chi connectivity index (χ1) is 13.5. The van der Waals surface area contributed by atoms with Gasteiger partial charge in [-0.2, -0.15) is 4.98 Å². The lowest BCUT2D eigenvalue weighted by molar-refractivity contribution is 0.0981. The maximum atomic E-state index is 13.2. The average molecular weight is 382 g/mol. The Morgan fingerprint density at radius 3 is 2.61 bits per heavy atom. The molecule has 1 amide bonds. The normalized spacial score (nSPS) is 10.8. The molecule has 0 saturated heterocycles. The van der Waals surface area contributed by atoms with Gasteiger partial charge in [-0.05, 0) is 55.0 Å². The molecular formula is C18H12F2N6O2. The van der Waals surface area contributed by atoms with Crippen molar-refractivity contribution in [2.45, 2.75) is 6.92 Å². The number of anilines is 1. The van der Waals surface area contributed by atoms with Gasteiger partial charge in [-0.3, -0.25) is 4.79 Å². The van der Waals surface area contributed by atoms with Crippen LogP contribution in [0.15, 0.2) is 53.2 Å². The molecule has 0 atom stereocenters. The van der Waals surface area contributed by atoms with Crippen molar-refractivity contribution in [2.75, 3.05) is 5.32 Å². The van der Waals surface area contributed by atoms with Gasteiger partial charge in [0.05, 0.1) is 11.9 Å². The second kappa shape index (κ2) is 6.99. The number of hydrogen-bond donors (Lipinski definition) is 1. The number of amides is 1. The third-order valence-electron chi connectivity index (χ3n) is 3.87. The van der Waals surface area contributed by atoms with Crippen LogP contribution in [0, 0.1) is 18.6 Å². The third kappa shape index (κ3) is 3.47. The van der Waals surface area contributed by atoms with Crippen molar-refractivity contribution in [3.05, 3.63) is 71.8 Å². The standard InChI is InChI=1S/C18H12F2N6O2/c1-10-8-12(20)4-7-14(10)21-17(27)18-22-16(24-28-18)15-9-26(25-23-15)13-5-2-11(19)3-6-13/h2-9H,1H3,(H,21,27). The minimum atomic E-state index is -0.639. The van der Waals surface area contributed by atoms with Crippen molar-refractivity contribution in [1.82, 2.24) is 25.1 Å². The summed E-state index contributed by atoms with van der Waals surface area (Å²) in [6, 6.07) is 9.63. The summed E-state index contributed by atoms with van der Waals surface area (Å²) in [4.78, 5) is 16.3. The van der Waals surface area contributed by atoms with E-state index in [0.717, 1.165) is 0 Å². The van der Waals surface area contributed by atoms with Crippen LogP contribution in [0.25, 0.3) is 17.2 Å². The first-order valence-electron chi connectivity index (χ1n) is 8.09. The second-order valence-electron chi connectivity index (χ2n) is 5.86. The topological polar surface area (TPSA) is 98.7 Å². The van der Waals surface area contributed by atoms with Gasteiger partial charge in [-0.15, -0.1) is 5.10 Å². The number of nitrogens with zero attached hydrogens (tertiary/aromatic N) is 5. The fourth-order valence-electron chi connectivity index (χ4n) is 2.45. The van der Waals surface area contributed by atoms with Gasteiger partial charge in [-0.1, -0.05) is 10.4 Å². The maximum Gasteiger partial charge on any atom is 0.316 e. The maximum absolute atomic E-state index is 13.2. The Labute approximate surface area is 156 Å². The van der Waals surface area contributed by atoms with Crippen LogP contribution < -0.4 is 5.32 Å². The summed E-state index contributed by atoms with van der Waals surface area (Å²) in [7, 11) is 0. The molecule has 140 valence electrons. The third-order valence-corrected chi connectivity index (χ3v) is 3.87. The molecule has 0 bridgehead atoms. The number of benzene rings is 2. The van der Waals surface area contributed by atoms with Crippen molar-refractivity contribution in [3.63, 3.8) is 0 Å². The Morgan fingerprint density at radius 1 is 1.11 bits per heavy atom. The molecule has 28 heavy (non-hydrogen) atoms. The second-order valence-corrected chi connectivity index (χ2v) is 5.86. The lowest BCUT2D eigenvalue weighted by Crippen LogP contribution is -2.13. The van der Waals surface area contributed by atoms with Crippen molar-refractivity contribution >= 4 is 11.6 Å². The molecule has 10 heteroatoms. The quantitative estimate of drug-likeness (QED) is 0.582. The Kier molecular flexibility index (Phi) is 4.36. The van der Waals surface area contributed by atoms with E-state index < -0.39 is 11.7 Å². The van der Waals surface area contributed by atoms with Crippen LogP contribution in [0.4, 0.5) is 14.5 Å². The Balaban J connectivity index is 1.53. The first-order valence-corrected chi connectivity index (χ1v) is 8.09. The molecule has 0 radical (unpaired) electrons. The number of hydrogen-bond acceptors (Lipinski definition) is 6. The molecule has 8 nitrogen and oxygen atoms in total. The molecule has 2 aromatic heterocycles. The van der Waals surface area contributed by atoms with Crippen LogP contribution in [0.5, 0.6) is 0 Å². The molecule has 0 aliphatic carbocycles. The highest BCUT2D eigenvalue weighted by molar-refractivity contribution is 6.01. The predicted octanol–water partition coefficient (Wildman–Crippen LogP) is 3.16. The molecule has 4 rings (SSSR count). The molecule has 0 unspecified atom stereocenters. The van der Waals surface area contributed by atoms with Gasteiger partial charge in [0.15, 0.2) is 5.69 Å². The predicted molar refractivity (Wildman–Crippen MR) is 93.7 cm³/mol. The van der Waals surface area contributed by atoms with Crippen LogP contribution in [-0.2, 0) is 0 Å². The van der Waals surface area contributed by atoms with Gasteiger partial charge in [0.1, 0.15) is 11.6 Å². The summed E-state index contributed by atoms with van der Waals surface area (Å²) >= 11 is 0. The smallest absolute Gasteiger partial charge is 0.316 e. The highest BCUT2D eigenvalue weighted by Crippen LogP contribution is 2.18. The summed E-state index contributed by atoms with van der Waals surface area (Å²) in [5.41, 5.74) is 1.84. The van der Waals surface area contributed by atoms with E-state index in [1.54, 1.807) is 6.92 Å². The van der Waals surface area contributed by atoms with Crippen molar-refractivity contribution in [1.29, 1.82) is 0 Å². The molecule has 0 aliphatic rings. The van der Waals surface area contributed by atoms with Crippen molar-refractivity contribution in [3.8, 4) is 17.2 Å². The first kappa shape index (κ1) is 17.5. The van der Waals surface area contributed by atoms with Crippen LogP contribution >= 0.6 is 0 Å². The Bertz CT molecular complexity index is 1150. The van der Waals surface area contributed by atoms with Crippen LogP contribution in [0.2, 0.25) is 0 Å². The molecule has 1 N–H and O–H groups in total. The summed E-state index contributed by atoms with van der Waals surface area (Å²) in [6.45, 7) is 1.66. The van der Waals surface area contributed by atoms with E-state index >= 15 is 0 Å². The fraction of sp³-hybridized carbons (Fsp3) is 0.0556. The number of rotatable bonds is 4. The fourth-order valence-corrected chi connectivity index (χ4v) is 2.45. The highest BCUT2D eigenvalue weighted by Gasteiger charge is 2.19. The number of nitrogens with one attached hydrogen (secondary N) is 1. The average Bonchev–Trinajstić information content (AvgIpc) is 3.34. The highest BCUT2D eigenvalue weighted by atomic mass is 19.1. The lowest BCUT2D eigenvalue weighted by atomic mass is 10.2. The molecule has 0 saturated carbocycles. The van der Waals surface area contributed by atoms with Gasteiger partial charge >= 0.3 is 11.8 Å². The van der Waals surface area contributed by atoms with E-state index in [2.05, 4.69) is 25.8 Å². The number of aryl methyl sites for hydroxylation is 1. The summed E-state index contributed by atoms with van der Waals surface area (Å²) < 4.78 is 32.6. The molecule has 0 fully saturated rings. The lowest BCUT2D eigenvalue weighted by Gasteiger charge is -2.05. The zero-order chi connectivity index (χ0) is 19.7. The number of carbonyl (C=O) groups excluding carboxylic acids is 1. The van der Waals surface area contributed by atoms with Crippen molar-refractivity contribution < 1.29 is 18.1 Å². The zero-order valence-corrected chi connectivity index (χ0v) is 14.4. The van der Waals surface area contributed by atoms with E-state index in [1.807, 2.05) is 0 Å². The van der Waals surface area contributed by atoms with E-state index in [-0.39, 0.29) is 23.2 Å². The summed E-state index contributed by atoms with van der Waals surface area (Å²) in [5.74, 6) is -1.63. The van der Waals surface area contributed by atoms with Gasteiger partial charge in [-0.25, -0.2) is 13.5 Å². The SMILES string of the molecule is Cc1cc(F)ccc1NC(=O)c1nc(-c2cn(-c3ccc(F)cc3)nn2)no1.